The molecule has 0 atom stereocenters. The molecule has 1 saturated heterocycles. The van der Waals surface area contributed by atoms with E-state index in [1.54, 1.807) is 12.1 Å². The Labute approximate surface area is 188 Å². The first-order valence-corrected chi connectivity index (χ1v) is 10.1. The summed E-state index contributed by atoms with van der Waals surface area (Å²) in [7, 11) is 1.26. The zero-order valence-electron chi connectivity index (χ0n) is 15.6. The van der Waals surface area contributed by atoms with Crippen LogP contribution < -0.4 is 10.1 Å². The van der Waals surface area contributed by atoms with Gasteiger partial charge < -0.3 is 14.8 Å². The van der Waals surface area contributed by atoms with Gasteiger partial charge in [0.1, 0.15) is 17.3 Å². The van der Waals surface area contributed by atoms with Crippen LogP contribution in [-0.2, 0) is 20.9 Å². The minimum Gasteiger partial charge on any atom is -0.480 e. The SMILES string of the molecule is COC(=O)COc1c(Br)cc(/C=C2/NC(=O)N(Cc3ccc(F)cc3)C2=O)cc1Br. The standard InChI is InChI=1S/C20H15Br2FN2O5/c1-29-17(26)10-30-18-14(21)6-12(7-15(18)22)8-16-19(27)25(20(28)24-16)9-11-2-4-13(23)5-3-11/h2-8H,9-10H2,1H3,(H,24,28)/b16-8+. The summed E-state index contributed by atoms with van der Waals surface area (Å²) in [6.07, 6.45) is 1.52. The highest BCUT2D eigenvalue weighted by atomic mass is 79.9. The highest BCUT2D eigenvalue weighted by Crippen LogP contribution is 2.35. The molecule has 156 valence electrons. The summed E-state index contributed by atoms with van der Waals surface area (Å²) in [5.41, 5.74) is 1.33. The number of carbonyl (C=O) groups is 3. The van der Waals surface area contributed by atoms with Crippen LogP contribution in [0.25, 0.3) is 6.08 Å². The van der Waals surface area contributed by atoms with Crippen LogP contribution in [0.4, 0.5) is 9.18 Å². The summed E-state index contributed by atoms with van der Waals surface area (Å²) in [6.45, 7) is -0.239. The highest BCUT2D eigenvalue weighted by Gasteiger charge is 2.33. The molecule has 1 aliphatic heterocycles. The van der Waals surface area contributed by atoms with Crippen molar-refractivity contribution in [2.75, 3.05) is 13.7 Å². The van der Waals surface area contributed by atoms with Crippen LogP contribution in [0.2, 0.25) is 0 Å². The molecule has 0 spiro atoms. The van der Waals surface area contributed by atoms with E-state index in [-0.39, 0.29) is 18.8 Å². The number of amides is 3. The Morgan fingerprint density at radius 1 is 1.17 bits per heavy atom. The van der Waals surface area contributed by atoms with Crippen LogP contribution in [-0.4, -0.2) is 36.5 Å². The Bertz CT molecular complexity index is 1020. The number of hydrogen-bond acceptors (Lipinski definition) is 5. The molecule has 1 N–H and O–H groups in total. The second-order valence-corrected chi connectivity index (χ2v) is 7.89. The van der Waals surface area contributed by atoms with E-state index < -0.39 is 23.7 Å². The molecular weight excluding hydrogens is 527 g/mol. The third-order valence-electron chi connectivity index (χ3n) is 4.11. The smallest absolute Gasteiger partial charge is 0.343 e. The Kier molecular flexibility index (Phi) is 6.88. The summed E-state index contributed by atoms with van der Waals surface area (Å²) in [5, 5.41) is 2.54. The van der Waals surface area contributed by atoms with Gasteiger partial charge in [0.2, 0.25) is 0 Å². The predicted molar refractivity (Wildman–Crippen MR) is 113 cm³/mol. The Hall–Kier alpha value is -2.72. The second kappa shape index (κ2) is 9.40. The van der Waals surface area contributed by atoms with Crippen LogP contribution in [0.15, 0.2) is 51.0 Å². The molecule has 0 aromatic heterocycles. The van der Waals surface area contributed by atoms with Gasteiger partial charge in [-0.25, -0.2) is 14.0 Å². The first kappa shape index (κ1) is 22.0. The van der Waals surface area contributed by atoms with E-state index >= 15 is 0 Å². The van der Waals surface area contributed by atoms with Crippen LogP contribution >= 0.6 is 31.9 Å². The molecule has 2 aromatic carbocycles. The lowest BCUT2D eigenvalue weighted by atomic mass is 10.1. The lowest BCUT2D eigenvalue weighted by Crippen LogP contribution is -2.30. The number of benzene rings is 2. The minimum absolute atomic E-state index is 0.0238. The average Bonchev–Trinajstić information content (AvgIpc) is 2.96. The normalized spacial score (nSPS) is 14.8. The van der Waals surface area contributed by atoms with Gasteiger partial charge in [0.25, 0.3) is 5.91 Å². The zero-order chi connectivity index (χ0) is 21.8. The van der Waals surface area contributed by atoms with Gasteiger partial charge in [0, 0.05) is 0 Å². The van der Waals surface area contributed by atoms with E-state index in [4.69, 9.17) is 4.74 Å². The Morgan fingerprint density at radius 2 is 1.80 bits per heavy atom. The molecule has 0 bridgehead atoms. The molecule has 0 aliphatic carbocycles. The molecule has 7 nitrogen and oxygen atoms in total. The number of nitrogens with zero attached hydrogens (tertiary/aromatic N) is 1. The first-order valence-electron chi connectivity index (χ1n) is 8.56. The van der Waals surface area contributed by atoms with E-state index in [0.717, 1.165) is 4.90 Å². The maximum absolute atomic E-state index is 13.0. The monoisotopic (exact) mass is 540 g/mol. The van der Waals surface area contributed by atoms with Crippen LogP contribution in [0.5, 0.6) is 5.75 Å². The molecule has 0 radical (unpaired) electrons. The van der Waals surface area contributed by atoms with Crippen molar-refractivity contribution < 1.29 is 28.2 Å². The van der Waals surface area contributed by atoms with E-state index in [2.05, 4.69) is 41.9 Å². The van der Waals surface area contributed by atoms with Gasteiger partial charge >= 0.3 is 12.0 Å². The molecular formula is C20H15Br2FN2O5. The molecule has 1 fully saturated rings. The molecule has 10 heteroatoms. The Morgan fingerprint density at radius 3 is 2.40 bits per heavy atom. The Balaban J connectivity index is 1.78. The van der Waals surface area contributed by atoms with Gasteiger partial charge in [0.15, 0.2) is 6.61 Å². The van der Waals surface area contributed by atoms with Crippen molar-refractivity contribution in [1.29, 1.82) is 0 Å². The van der Waals surface area contributed by atoms with Gasteiger partial charge in [-0.3, -0.25) is 9.69 Å². The summed E-state index contributed by atoms with van der Waals surface area (Å²) < 4.78 is 24.1. The zero-order valence-corrected chi connectivity index (χ0v) is 18.8. The molecule has 2 aromatic rings. The summed E-state index contributed by atoms with van der Waals surface area (Å²) >= 11 is 6.72. The molecule has 0 unspecified atom stereocenters. The van der Waals surface area contributed by atoms with Gasteiger partial charge in [-0.05, 0) is 73.3 Å². The molecule has 1 heterocycles. The summed E-state index contributed by atoms with van der Waals surface area (Å²) in [6, 6.07) is 8.34. The maximum Gasteiger partial charge on any atom is 0.343 e. The maximum atomic E-state index is 13.0. The molecule has 3 amide bonds. The predicted octanol–water partition coefficient (Wildman–Crippen LogP) is 4.00. The van der Waals surface area contributed by atoms with Crippen molar-refractivity contribution in [1.82, 2.24) is 10.2 Å². The lowest BCUT2D eigenvalue weighted by Gasteiger charge is -2.11. The van der Waals surface area contributed by atoms with Crippen molar-refractivity contribution in [2.45, 2.75) is 6.54 Å². The fourth-order valence-corrected chi connectivity index (χ4v) is 4.10. The van der Waals surface area contributed by atoms with Gasteiger partial charge in [0.05, 0.1) is 22.6 Å². The largest absolute Gasteiger partial charge is 0.480 e. The molecule has 0 saturated carbocycles. The van der Waals surface area contributed by atoms with Gasteiger partial charge in [-0.1, -0.05) is 12.1 Å². The molecule has 30 heavy (non-hydrogen) atoms. The van der Waals surface area contributed by atoms with Crippen LogP contribution in [0, 0.1) is 5.82 Å². The fraction of sp³-hybridized carbons (Fsp3) is 0.150. The van der Waals surface area contributed by atoms with Crippen LogP contribution in [0.1, 0.15) is 11.1 Å². The number of imide groups is 1. The minimum atomic E-state index is -0.563. The fourth-order valence-electron chi connectivity index (χ4n) is 2.64. The van der Waals surface area contributed by atoms with Crippen molar-refractivity contribution in [3.63, 3.8) is 0 Å². The van der Waals surface area contributed by atoms with Gasteiger partial charge in [-0.15, -0.1) is 0 Å². The van der Waals surface area contributed by atoms with E-state index in [1.165, 1.54) is 37.5 Å². The van der Waals surface area contributed by atoms with Gasteiger partial charge in [-0.2, -0.15) is 0 Å². The highest BCUT2D eigenvalue weighted by molar-refractivity contribution is 9.11. The third-order valence-corrected chi connectivity index (χ3v) is 5.29. The van der Waals surface area contributed by atoms with Crippen LogP contribution in [0.3, 0.4) is 0 Å². The summed E-state index contributed by atoms with van der Waals surface area (Å²) in [5.74, 6) is -1.03. The number of ether oxygens (including phenoxy) is 2. The number of methoxy groups -OCH3 is 1. The third kappa shape index (κ3) is 5.06. The lowest BCUT2D eigenvalue weighted by molar-refractivity contribution is -0.143. The molecule has 1 aliphatic rings. The number of halogens is 3. The topological polar surface area (TPSA) is 84.9 Å². The van der Waals surface area contributed by atoms with Crippen molar-refractivity contribution in [2.24, 2.45) is 0 Å². The van der Waals surface area contributed by atoms with E-state index in [0.29, 0.717) is 25.8 Å². The number of esters is 1. The van der Waals surface area contributed by atoms with E-state index in [1.807, 2.05) is 0 Å². The first-order chi connectivity index (χ1) is 14.3. The number of urea groups is 1. The van der Waals surface area contributed by atoms with E-state index in [9.17, 15) is 18.8 Å². The van der Waals surface area contributed by atoms with Crippen molar-refractivity contribution >= 4 is 55.8 Å². The average molecular weight is 542 g/mol. The van der Waals surface area contributed by atoms with Crippen molar-refractivity contribution in [3.8, 4) is 5.75 Å². The summed E-state index contributed by atoms with van der Waals surface area (Å²) in [4.78, 5) is 37.2. The van der Waals surface area contributed by atoms with Crippen molar-refractivity contribution in [3.05, 3.63) is 68.0 Å². The number of nitrogens with one attached hydrogen (secondary N) is 1. The second-order valence-electron chi connectivity index (χ2n) is 6.18. The quantitative estimate of drug-likeness (QED) is 0.339. The number of hydrogen-bond donors (Lipinski definition) is 1. The number of rotatable bonds is 6. The number of carbonyl (C=O) groups excluding carboxylic acids is 3. The molecule has 3 rings (SSSR count).